The van der Waals surface area contributed by atoms with Crippen LogP contribution < -0.4 is 0 Å². The molecule has 0 aliphatic heterocycles. The number of rotatable bonds is 12. The average Bonchev–Trinajstić information content (AvgIpc) is 2.80. The normalized spacial score (nSPS) is 11.3. The number of hydrogen-bond acceptors (Lipinski definition) is 10. The Hall–Kier alpha value is -3.15. The number of terminal acetylenes is 2. The molecular formula is C22H27NO9. The van der Waals surface area contributed by atoms with Gasteiger partial charge in [0.05, 0.1) is 18.5 Å². The number of aromatic nitrogens is 1. The molecule has 0 aromatic carbocycles. The van der Waals surface area contributed by atoms with Crippen molar-refractivity contribution in [3.63, 3.8) is 0 Å². The molecule has 0 aliphatic rings. The fourth-order valence-corrected chi connectivity index (χ4v) is 2.67. The fraction of sp³-hybridized carbons (Fsp3) is 0.500. The van der Waals surface area contributed by atoms with Gasteiger partial charge in [-0.05, 0) is 6.92 Å². The molecule has 1 aromatic heterocycles. The first-order valence-electron chi connectivity index (χ1n) is 9.29. The van der Waals surface area contributed by atoms with Crippen LogP contribution in [-0.2, 0) is 51.2 Å². The molecule has 0 bridgehead atoms. The number of esters is 2. The van der Waals surface area contributed by atoms with Gasteiger partial charge in [-0.15, -0.1) is 24.7 Å². The van der Waals surface area contributed by atoms with Crippen molar-refractivity contribution >= 4 is 11.9 Å². The molecule has 32 heavy (non-hydrogen) atoms. The fourth-order valence-electron chi connectivity index (χ4n) is 2.67. The summed E-state index contributed by atoms with van der Waals surface area (Å²) in [4.78, 5) is 29.1. The molecule has 10 nitrogen and oxygen atoms in total. The lowest BCUT2D eigenvalue weighted by Crippen LogP contribution is -2.44. The van der Waals surface area contributed by atoms with Crippen molar-refractivity contribution in [2.45, 2.75) is 44.6 Å². The predicted molar refractivity (Wildman–Crippen MR) is 111 cm³/mol. The molecule has 0 fully saturated rings. The quantitative estimate of drug-likeness (QED) is 0.283. The van der Waals surface area contributed by atoms with Gasteiger partial charge in [0.1, 0.15) is 19.0 Å². The van der Waals surface area contributed by atoms with Crippen molar-refractivity contribution in [3.8, 4) is 30.4 Å². The Morgan fingerprint density at radius 1 is 0.938 bits per heavy atom. The third-order valence-electron chi connectivity index (χ3n) is 4.75. The Morgan fingerprint density at radius 3 is 1.78 bits per heavy atom. The Kier molecular flexibility index (Phi) is 10.1. The molecule has 0 saturated carbocycles. The van der Waals surface area contributed by atoms with Crippen LogP contribution in [-0.4, -0.2) is 62.0 Å². The summed E-state index contributed by atoms with van der Waals surface area (Å²) in [5.74, 6) is -1.03. The number of carbonyl (C=O) groups excluding carboxylic acids is 2. The highest BCUT2D eigenvalue weighted by molar-refractivity contribution is 5.79. The Bertz CT molecular complexity index is 890. The maximum absolute atomic E-state index is 12.5. The summed E-state index contributed by atoms with van der Waals surface area (Å²) >= 11 is 0. The van der Waals surface area contributed by atoms with Crippen LogP contribution in [0.5, 0.6) is 5.75 Å². The van der Waals surface area contributed by atoms with Gasteiger partial charge in [0, 0.05) is 45.8 Å². The Morgan fingerprint density at radius 2 is 1.38 bits per heavy atom. The molecule has 1 aromatic rings. The van der Waals surface area contributed by atoms with Crippen molar-refractivity contribution in [1.29, 1.82) is 0 Å². The topological polar surface area (TPSA) is 123 Å². The van der Waals surface area contributed by atoms with Gasteiger partial charge in [0.15, 0.2) is 0 Å². The molecule has 1 heterocycles. The summed E-state index contributed by atoms with van der Waals surface area (Å²) in [5.41, 5.74) is 0.709. The lowest BCUT2D eigenvalue weighted by atomic mass is 10.1. The minimum Gasteiger partial charge on any atom is -0.506 e. The smallest absolute Gasteiger partial charge is 0.368 e. The van der Waals surface area contributed by atoms with E-state index in [0.29, 0.717) is 0 Å². The molecule has 10 heteroatoms. The summed E-state index contributed by atoms with van der Waals surface area (Å²) in [6.45, 7) is 0.816. The van der Waals surface area contributed by atoms with Crippen LogP contribution >= 0.6 is 0 Å². The molecule has 1 N–H and O–H groups in total. The molecule has 0 saturated heterocycles. The molecule has 1 rings (SSSR count). The Labute approximate surface area is 187 Å². The first kappa shape index (κ1) is 26.9. The summed E-state index contributed by atoms with van der Waals surface area (Å²) in [5, 5.41) is 10.4. The zero-order valence-corrected chi connectivity index (χ0v) is 18.7. The molecule has 0 aliphatic carbocycles. The molecule has 174 valence electrons. The zero-order valence-electron chi connectivity index (χ0n) is 18.7. The van der Waals surface area contributed by atoms with E-state index in [0.717, 1.165) is 0 Å². The monoisotopic (exact) mass is 449 g/mol. The number of nitrogens with zero attached hydrogens (tertiary/aromatic N) is 1. The van der Waals surface area contributed by atoms with Crippen LogP contribution in [0.25, 0.3) is 0 Å². The van der Waals surface area contributed by atoms with Gasteiger partial charge in [-0.25, -0.2) is 9.59 Å². The van der Waals surface area contributed by atoms with Gasteiger partial charge in [0.25, 0.3) is 11.6 Å². The van der Waals surface area contributed by atoms with E-state index in [-0.39, 0.29) is 42.0 Å². The number of ether oxygens (including phenoxy) is 6. The highest BCUT2D eigenvalue weighted by Gasteiger charge is 2.41. The molecular weight excluding hydrogens is 422 g/mol. The summed E-state index contributed by atoms with van der Waals surface area (Å²) in [7, 11) is 4.99. The first-order chi connectivity index (χ1) is 15.2. The molecule has 0 unspecified atom stereocenters. The number of pyridine rings is 1. The second-order valence-corrected chi connectivity index (χ2v) is 6.43. The number of methoxy groups -OCH3 is 4. The zero-order chi connectivity index (χ0) is 24.4. The van der Waals surface area contributed by atoms with Crippen molar-refractivity contribution < 1.29 is 43.1 Å². The lowest BCUT2D eigenvalue weighted by Gasteiger charge is -2.27. The van der Waals surface area contributed by atoms with Crippen LogP contribution in [0.3, 0.4) is 0 Å². The average molecular weight is 449 g/mol. The third-order valence-corrected chi connectivity index (χ3v) is 4.75. The van der Waals surface area contributed by atoms with Gasteiger partial charge in [0.2, 0.25) is 0 Å². The van der Waals surface area contributed by atoms with E-state index in [1.54, 1.807) is 6.92 Å². The van der Waals surface area contributed by atoms with E-state index >= 15 is 0 Å². The molecule has 0 spiro atoms. The van der Waals surface area contributed by atoms with E-state index in [4.69, 9.17) is 41.3 Å². The maximum atomic E-state index is 12.5. The minimum absolute atomic E-state index is 0.165. The standard InChI is InChI=1S/C22H27NO9/c1-8-10-21(27-4,28-5)19(25)31-13-16-12-23-15(3)18(24)17(16)14-32-20(26)22(29-6,30-7)11-9-2/h1-2,12,24H,10-11,13-14H2,3-7H3. The largest absolute Gasteiger partial charge is 0.506 e. The van der Waals surface area contributed by atoms with Crippen LogP contribution in [0, 0.1) is 31.6 Å². The van der Waals surface area contributed by atoms with E-state index in [9.17, 15) is 14.7 Å². The highest BCUT2D eigenvalue weighted by Crippen LogP contribution is 2.28. The van der Waals surface area contributed by atoms with Gasteiger partial charge in [-0.3, -0.25) is 4.98 Å². The van der Waals surface area contributed by atoms with Crippen LogP contribution in [0.1, 0.15) is 29.7 Å². The second-order valence-electron chi connectivity index (χ2n) is 6.43. The third kappa shape index (κ3) is 5.75. The van der Waals surface area contributed by atoms with Crippen molar-refractivity contribution in [1.82, 2.24) is 4.98 Å². The van der Waals surface area contributed by atoms with Gasteiger partial charge >= 0.3 is 11.9 Å². The number of aryl methyl sites for hydroxylation is 1. The second kappa shape index (κ2) is 12.0. The van der Waals surface area contributed by atoms with Crippen molar-refractivity contribution in [3.05, 3.63) is 23.0 Å². The molecule has 0 radical (unpaired) electrons. The number of aromatic hydroxyl groups is 1. The van der Waals surface area contributed by atoms with Gasteiger partial charge in [-0.2, -0.15) is 0 Å². The number of carbonyl (C=O) groups is 2. The Balaban J connectivity index is 3.10. The van der Waals surface area contributed by atoms with Gasteiger partial charge < -0.3 is 33.5 Å². The number of hydrogen-bond donors (Lipinski definition) is 1. The van der Waals surface area contributed by atoms with Crippen molar-refractivity contribution in [2.75, 3.05) is 28.4 Å². The van der Waals surface area contributed by atoms with Gasteiger partial charge in [-0.1, -0.05) is 0 Å². The first-order valence-corrected chi connectivity index (χ1v) is 9.29. The summed E-state index contributed by atoms with van der Waals surface area (Å²) < 4.78 is 30.9. The molecule has 0 atom stereocenters. The van der Waals surface area contributed by atoms with Crippen LogP contribution in [0.4, 0.5) is 0 Å². The molecule has 0 amide bonds. The summed E-state index contributed by atoms with van der Waals surface area (Å²) in [6.07, 6.45) is 11.5. The maximum Gasteiger partial charge on any atom is 0.368 e. The van der Waals surface area contributed by atoms with E-state index in [2.05, 4.69) is 16.8 Å². The SMILES string of the molecule is C#CCC(OC)(OC)C(=O)OCc1cnc(C)c(O)c1COC(=O)C(CC#C)(OC)OC. The van der Waals surface area contributed by atoms with Crippen LogP contribution in [0.2, 0.25) is 0 Å². The minimum atomic E-state index is -1.80. The van der Waals surface area contributed by atoms with E-state index < -0.39 is 30.1 Å². The predicted octanol–water partition coefficient (Wildman–Crippen LogP) is 1.21. The van der Waals surface area contributed by atoms with E-state index in [1.165, 1.54) is 34.6 Å². The highest BCUT2D eigenvalue weighted by atomic mass is 16.7. The van der Waals surface area contributed by atoms with Crippen LogP contribution in [0.15, 0.2) is 6.20 Å². The van der Waals surface area contributed by atoms with Crippen molar-refractivity contribution in [2.24, 2.45) is 0 Å². The van der Waals surface area contributed by atoms with E-state index in [1.807, 2.05) is 0 Å². The lowest BCUT2D eigenvalue weighted by molar-refractivity contribution is -0.229. The summed E-state index contributed by atoms with van der Waals surface area (Å²) in [6, 6.07) is 0.